The zero-order valence-electron chi connectivity index (χ0n) is 14.3. The van der Waals surface area contributed by atoms with Crippen LogP contribution in [0.5, 0.6) is 0 Å². The molecule has 0 bridgehead atoms. The molecule has 0 saturated carbocycles. The van der Waals surface area contributed by atoms with Crippen molar-refractivity contribution in [1.82, 2.24) is 10.2 Å². The number of rotatable bonds is 4. The molecule has 1 aliphatic carbocycles. The van der Waals surface area contributed by atoms with Gasteiger partial charge in [-0.2, -0.15) is 0 Å². The lowest BCUT2D eigenvalue weighted by molar-refractivity contribution is -0.112. The fourth-order valence-electron chi connectivity index (χ4n) is 3.32. The quantitative estimate of drug-likeness (QED) is 0.720. The zero-order valence-corrected chi connectivity index (χ0v) is 14.3. The predicted octanol–water partition coefficient (Wildman–Crippen LogP) is 4.19. The van der Waals surface area contributed by atoms with Gasteiger partial charge in [0.05, 0.1) is 5.92 Å². The average molecular weight is 345 g/mol. The van der Waals surface area contributed by atoms with Crippen LogP contribution in [0.25, 0.3) is 6.08 Å². The normalized spacial score (nSPS) is 16.4. The van der Waals surface area contributed by atoms with Crippen molar-refractivity contribution in [1.29, 1.82) is 0 Å². The molecule has 1 amide bonds. The molecule has 1 aromatic heterocycles. The number of nitrogens with zero attached hydrogens (tertiary/aromatic N) is 2. The zero-order chi connectivity index (χ0) is 17.8. The molecule has 1 unspecified atom stereocenters. The first-order valence-electron chi connectivity index (χ1n) is 8.75. The standard InChI is InChI=1S/C21H19N3O2/c25-19(14-13-15-7-2-1-3-8-15)22-21-24-23-20(26-21)18-12-6-10-16-9-4-5-11-17(16)18/h1-5,7-9,11,13-14,18H,6,10,12H2,(H,22,24,25)/b14-13+. The van der Waals surface area contributed by atoms with Gasteiger partial charge in [-0.3, -0.25) is 10.1 Å². The first kappa shape index (κ1) is 16.3. The molecule has 3 aromatic rings. The minimum atomic E-state index is -0.298. The largest absolute Gasteiger partial charge is 0.407 e. The molecule has 5 heteroatoms. The molecule has 0 spiro atoms. The molecule has 1 heterocycles. The number of fused-ring (bicyclic) bond motifs is 1. The van der Waals surface area contributed by atoms with E-state index in [1.807, 2.05) is 36.4 Å². The Morgan fingerprint density at radius 2 is 1.88 bits per heavy atom. The van der Waals surface area contributed by atoms with Crippen molar-refractivity contribution in [3.05, 3.63) is 83.3 Å². The second kappa shape index (κ2) is 7.35. The van der Waals surface area contributed by atoms with Crippen molar-refractivity contribution in [3.63, 3.8) is 0 Å². The number of aryl methyl sites for hydroxylation is 1. The summed E-state index contributed by atoms with van der Waals surface area (Å²) in [6, 6.07) is 18.1. The van der Waals surface area contributed by atoms with E-state index in [4.69, 9.17) is 4.42 Å². The lowest BCUT2D eigenvalue weighted by Crippen LogP contribution is -2.11. The number of carbonyl (C=O) groups is 1. The molecule has 4 rings (SSSR count). The molecule has 130 valence electrons. The summed E-state index contributed by atoms with van der Waals surface area (Å²) in [6.45, 7) is 0. The summed E-state index contributed by atoms with van der Waals surface area (Å²) in [5.41, 5.74) is 3.52. The topological polar surface area (TPSA) is 68.0 Å². The molecule has 26 heavy (non-hydrogen) atoms. The first-order chi connectivity index (χ1) is 12.8. The molecule has 0 radical (unpaired) electrons. The molecular weight excluding hydrogens is 326 g/mol. The van der Waals surface area contributed by atoms with Gasteiger partial charge in [-0.05, 0) is 42.0 Å². The lowest BCUT2D eigenvalue weighted by atomic mass is 9.83. The third-order valence-electron chi connectivity index (χ3n) is 4.57. The van der Waals surface area contributed by atoms with Crippen LogP contribution in [0.4, 0.5) is 6.01 Å². The Bertz CT molecular complexity index is 931. The Balaban J connectivity index is 1.46. The summed E-state index contributed by atoms with van der Waals surface area (Å²) in [5.74, 6) is 0.352. The van der Waals surface area contributed by atoms with Gasteiger partial charge in [0, 0.05) is 6.08 Å². The minimum absolute atomic E-state index is 0.0953. The predicted molar refractivity (Wildman–Crippen MR) is 99.6 cm³/mol. The van der Waals surface area contributed by atoms with Crippen molar-refractivity contribution in [2.24, 2.45) is 0 Å². The van der Waals surface area contributed by atoms with Crippen molar-refractivity contribution >= 4 is 18.0 Å². The van der Waals surface area contributed by atoms with Crippen LogP contribution in [-0.4, -0.2) is 16.1 Å². The highest BCUT2D eigenvalue weighted by atomic mass is 16.4. The van der Waals surface area contributed by atoms with E-state index in [-0.39, 0.29) is 17.8 Å². The molecular formula is C21H19N3O2. The van der Waals surface area contributed by atoms with Crippen LogP contribution < -0.4 is 5.32 Å². The van der Waals surface area contributed by atoms with Gasteiger partial charge in [0.2, 0.25) is 5.89 Å². The summed E-state index contributed by atoms with van der Waals surface area (Å²) >= 11 is 0. The maximum Gasteiger partial charge on any atom is 0.322 e. The van der Waals surface area contributed by atoms with E-state index >= 15 is 0 Å². The van der Waals surface area contributed by atoms with Gasteiger partial charge >= 0.3 is 6.01 Å². The van der Waals surface area contributed by atoms with E-state index < -0.39 is 0 Å². The summed E-state index contributed by atoms with van der Waals surface area (Å²) in [5, 5.41) is 10.8. The fourth-order valence-corrected chi connectivity index (χ4v) is 3.32. The van der Waals surface area contributed by atoms with Crippen LogP contribution in [0.3, 0.4) is 0 Å². The first-order valence-corrected chi connectivity index (χ1v) is 8.75. The number of benzene rings is 2. The minimum Gasteiger partial charge on any atom is -0.407 e. The summed E-state index contributed by atoms with van der Waals surface area (Å²) < 4.78 is 5.71. The fraction of sp³-hybridized carbons (Fsp3) is 0.190. The molecule has 2 aromatic carbocycles. The summed E-state index contributed by atoms with van der Waals surface area (Å²) in [4.78, 5) is 12.0. The number of carbonyl (C=O) groups excluding carboxylic acids is 1. The third kappa shape index (κ3) is 3.57. The van der Waals surface area contributed by atoms with Crippen molar-refractivity contribution in [3.8, 4) is 0 Å². The highest BCUT2D eigenvalue weighted by molar-refractivity contribution is 6.00. The van der Waals surface area contributed by atoms with Gasteiger partial charge < -0.3 is 4.42 Å². The Labute approximate surface area is 151 Å². The van der Waals surface area contributed by atoms with Crippen LogP contribution in [0, 0.1) is 0 Å². The van der Waals surface area contributed by atoms with Crippen LogP contribution >= 0.6 is 0 Å². The lowest BCUT2D eigenvalue weighted by Gasteiger charge is -2.22. The Kier molecular flexibility index (Phi) is 4.60. The molecule has 1 aliphatic rings. The molecule has 0 saturated heterocycles. The van der Waals surface area contributed by atoms with Gasteiger partial charge in [-0.25, -0.2) is 0 Å². The van der Waals surface area contributed by atoms with Crippen molar-refractivity contribution in [2.75, 3.05) is 5.32 Å². The van der Waals surface area contributed by atoms with E-state index in [1.165, 1.54) is 17.2 Å². The molecule has 1 N–H and O–H groups in total. The Morgan fingerprint density at radius 1 is 1.08 bits per heavy atom. The summed E-state index contributed by atoms with van der Waals surface area (Å²) in [6.07, 6.45) is 6.33. The molecule has 0 fully saturated rings. The highest BCUT2D eigenvalue weighted by Crippen LogP contribution is 2.36. The molecule has 0 aliphatic heterocycles. The van der Waals surface area contributed by atoms with Gasteiger partial charge in [0.1, 0.15) is 0 Å². The Hall–Kier alpha value is -3.21. The smallest absolute Gasteiger partial charge is 0.322 e. The Morgan fingerprint density at radius 3 is 2.77 bits per heavy atom. The van der Waals surface area contributed by atoms with Crippen LogP contribution in [0.15, 0.2) is 65.1 Å². The van der Waals surface area contributed by atoms with E-state index in [2.05, 4.69) is 33.7 Å². The van der Waals surface area contributed by atoms with Gasteiger partial charge in [0.15, 0.2) is 0 Å². The second-order valence-corrected chi connectivity index (χ2v) is 6.32. The number of amides is 1. The van der Waals surface area contributed by atoms with E-state index in [9.17, 15) is 4.79 Å². The van der Waals surface area contributed by atoms with Gasteiger partial charge in [-0.15, -0.1) is 5.10 Å². The highest BCUT2D eigenvalue weighted by Gasteiger charge is 2.26. The number of hydrogen-bond acceptors (Lipinski definition) is 4. The van der Waals surface area contributed by atoms with E-state index in [0.29, 0.717) is 5.89 Å². The van der Waals surface area contributed by atoms with Gasteiger partial charge in [-0.1, -0.05) is 59.7 Å². The van der Waals surface area contributed by atoms with Crippen molar-refractivity contribution in [2.45, 2.75) is 25.2 Å². The van der Waals surface area contributed by atoms with Gasteiger partial charge in [0.25, 0.3) is 5.91 Å². The average Bonchev–Trinajstić information content (AvgIpc) is 3.15. The number of nitrogens with one attached hydrogen (secondary N) is 1. The van der Waals surface area contributed by atoms with Crippen LogP contribution in [0.1, 0.15) is 41.3 Å². The number of hydrogen-bond donors (Lipinski definition) is 1. The monoisotopic (exact) mass is 345 g/mol. The van der Waals surface area contributed by atoms with E-state index in [0.717, 1.165) is 24.8 Å². The molecule has 1 atom stereocenters. The van der Waals surface area contributed by atoms with Crippen LogP contribution in [0.2, 0.25) is 0 Å². The number of anilines is 1. The maximum atomic E-state index is 12.0. The SMILES string of the molecule is O=C(/C=C/c1ccccc1)Nc1nnc(C2CCCc3ccccc32)o1. The third-order valence-corrected chi connectivity index (χ3v) is 4.57. The maximum absolute atomic E-state index is 12.0. The van der Waals surface area contributed by atoms with E-state index in [1.54, 1.807) is 6.08 Å². The summed E-state index contributed by atoms with van der Waals surface area (Å²) in [7, 11) is 0. The second-order valence-electron chi connectivity index (χ2n) is 6.32. The number of aromatic nitrogens is 2. The molecule has 5 nitrogen and oxygen atoms in total. The van der Waals surface area contributed by atoms with Crippen molar-refractivity contribution < 1.29 is 9.21 Å². The van der Waals surface area contributed by atoms with Crippen LogP contribution in [-0.2, 0) is 11.2 Å².